The van der Waals surface area contributed by atoms with Crippen LogP contribution in [0, 0.1) is 11.8 Å². The number of benzene rings is 2. The topological polar surface area (TPSA) is 75.6 Å². The number of fused-ring (bicyclic) bond motifs is 2. The molecule has 1 fully saturated rings. The zero-order chi connectivity index (χ0) is 18.1. The highest BCUT2D eigenvalue weighted by Crippen LogP contribution is 2.40. The van der Waals surface area contributed by atoms with Gasteiger partial charge in [0.25, 0.3) is 0 Å². The molecular formula is C21H19NO4. The van der Waals surface area contributed by atoms with Crippen molar-refractivity contribution in [3.05, 3.63) is 83.9 Å². The van der Waals surface area contributed by atoms with E-state index in [-0.39, 0.29) is 11.9 Å². The Bertz CT molecular complexity index is 794. The van der Waals surface area contributed by atoms with Gasteiger partial charge in [0.05, 0.1) is 24.2 Å². The van der Waals surface area contributed by atoms with E-state index in [0.29, 0.717) is 0 Å². The number of hydrogen-bond donors (Lipinski definition) is 2. The molecular weight excluding hydrogens is 330 g/mol. The molecule has 132 valence electrons. The van der Waals surface area contributed by atoms with Gasteiger partial charge in [-0.2, -0.15) is 0 Å². The molecule has 4 atom stereocenters. The number of aliphatic carboxylic acids is 1. The lowest BCUT2D eigenvalue weighted by atomic mass is 9.82. The van der Waals surface area contributed by atoms with E-state index in [4.69, 9.17) is 4.74 Å². The number of ether oxygens (including phenoxy) is 1. The van der Waals surface area contributed by atoms with Crippen molar-refractivity contribution in [2.45, 2.75) is 18.2 Å². The molecule has 5 nitrogen and oxygen atoms in total. The van der Waals surface area contributed by atoms with Gasteiger partial charge in [-0.3, -0.25) is 9.59 Å². The molecule has 0 unspecified atom stereocenters. The Balaban J connectivity index is 1.63. The molecule has 2 aliphatic heterocycles. The molecule has 1 saturated heterocycles. The van der Waals surface area contributed by atoms with Crippen molar-refractivity contribution in [1.29, 1.82) is 0 Å². The molecule has 2 aromatic carbocycles. The average Bonchev–Trinajstić information content (AvgIpc) is 3.29. The van der Waals surface area contributed by atoms with Crippen molar-refractivity contribution >= 4 is 11.9 Å². The molecule has 4 rings (SSSR count). The highest BCUT2D eigenvalue weighted by molar-refractivity contribution is 5.87. The van der Waals surface area contributed by atoms with Gasteiger partial charge in [-0.1, -0.05) is 72.8 Å². The van der Waals surface area contributed by atoms with E-state index >= 15 is 0 Å². The zero-order valence-electron chi connectivity index (χ0n) is 14.0. The summed E-state index contributed by atoms with van der Waals surface area (Å²) in [6.45, 7) is 0. The van der Waals surface area contributed by atoms with Crippen LogP contribution >= 0.6 is 0 Å². The van der Waals surface area contributed by atoms with Crippen LogP contribution in [0.1, 0.15) is 17.2 Å². The highest BCUT2D eigenvalue weighted by atomic mass is 16.5. The largest absolute Gasteiger partial charge is 0.481 e. The molecule has 2 aromatic rings. The Labute approximate surface area is 151 Å². The van der Waals surface area contributed by atoms with Crippen LogP contribution < -0.4 is 5.32 Å². The summed E-state index contributed by atoms with van der Waals surface area (Å²) in [5.74, 6) is -2.88. The van der Waals surface area contributed by atoms with Crippen molar-refractivity contribution < 1.29 is 19.4 Å². The average molecular weight is 349 g/mol. The number of carboxylic acid groups (broad SMARTS) is 1. The highest BCUT2D eigenvalue weighted by Gasteiger charge is 2.53. The van der Waals surface area contributed by atoms with Gasteiger partial charge in [-0.05, 0) is 11.1 Å². The maximum atomic E-state index is 13.0. The third-order valence-electron chi connectivity index (χ3n) is 5.04. The first-order valence-electron chi connectivity index (χ1n) is 8.62. The first-order valence-corrected chi connectivity index (χ1v) is 8.62. The van der Waals surface area contributed by atoms with Crippen LogP contribution in [0.25, 0.3) is 0 Å². The van der Waals surface area contributed by atoms with E-state index in [9.17, 15) is 14.7 Å². The minimum absolute atomic E-state index is 0.299. The number of carboxylic acids is 1. The third kappa shape index (κ3) is 2.91. The third-order valence-corrected chi connectivity index (χ3v) is 5.04. The van der Waals surface area contributed by atoms with Gasteiger partial charge >= 0.3 is 5.97 Å². The van der Waals surface area contributed by atoms with E-state index in [0.717, 1.165) is 11.1 Å². The van der Waals surface area contributed by atoms with Crippen LogP contribution in [-0.4, -0.2) is 29.2 Å². The Kier molecular flexibility index (Phi) is 4.31. The molecule has 2 aliphatic rings. The maximum absolute atomic E-state index is 13.0. The van der Waals surface area contributed by atoms with E-state index in [2.05, 4.69) is 5.32 Å². The lowest BCUT2D eigenvalue weighted by Gasteiger charge is -2.25. The van der Waals surface area contributed by atoms with Crippen LogP contribution in [-0.2, 0) is 14.3 Å². The summed E-state index contributed by atoms with van der Waals surface area (Å²) < 4.78 is 5.62. The van der Waals surface area contributed by atoms with Crippen molar-refractivity contribution in [1.82, 2.24) is 5.32 Å². The molecule has 0 radical (unpaired) electrons. The maximum Gasteiger partial charge on any atom is 0.310 e. The van der Waals surface area contributed by atoms with Crippen molar-refractivity contribution in [2.24, 2.45) is 11.8 Å². The SMILES string of the molecule is O=C(O)[C@@H]1[C@@H](C(=O)NC(c2ccccc2)c2ccccc2)[C@H]2C=C[C@H]1O2. The van der Waals surface area contributed by atoms with Crippen molar-refractivity contribution in [3.8, 4) is 0 Å². The van der Waals surface area contributed by atoms with Crippen LogP contribution in [0.2, 0.25) is 0 Å². The second-order valence-corrected chi connectivity index (χ2v) is 6.60. The number of carbonyl (C=O) groups is 2. The van der Waals surface area contributed by atoms with Gasteiger partial charge in [0.2, 0.25) is 5.91 Å². The number of amides is 1. The summed E-state index contributed by atoms with van der Waals surface area (Å²) in [5.41, 5.74) is 1.89. The molecule has 0 aromatic heterocycles. The summed E-state index contributed by atoms with van der Waals surface area (Å²) in [7, 11) is 0. The second-order valence-electron chi connectivity index (χ2n) is 6.60. The Hall–Kier alpha value is -2.92. The molecule has 0 saturated carbocycles. The Morgan fingerprint density at radius 2 is 1.35 bits per heavy atom. The molecule has 1 amide bonds. The molecule has 2 heterocycles. The van der Waals surface area contributed by atoms with Gasteiger partial charge in [0, 0.05) is 0 Å². The van der Waals surface area contributed by atoms with Gasteiger partial charge in [-0.15, -0.1) is 0 Å². The van der Waals surface area contributed by atoms with E-state index in [1.807, 2.05) is 60.7 Å². The summed E-state index contributed by atoms with van der Waals surface area (Å²) in [5, 5.41) is 12.6. The van der Waals surface area contributed by atoms with Crippen LogP contribution in [0.4, 0.5) is 0 Å². The summed E-state index contributed by atoms with van der Waals surface area (Å²) in [6, 6.07) is 19.0. The Morgan fingerprint density at radius 1 is 0.846 bits per heavy atom. The molecule has 26 heavy (non-hydrogen) atoms. The fourth-order valence-electron chi connectivity index (χ4n) is 3.80. The quantitative estimate of drug-likeness (QED) is 0.814. The lowest BCUT2D eigenvalue weighted by Crippen LogP contribution is -2.43. The van der Waals surface area contributed by atoms with E-state index in [1.165, 1.54) is 0 Å². The number of hydrogen-bond acceptors (Lipinski definition) is 3. The Morgan fingerprint density at radius 3 is 1.85 bits per heavy atom. The standard InChI is InChI=1S/C21H19NO4/c23-20(17-15-11-12-16(26-15)18(17)21(24)25)22-19(13-7-3-1-4-8-13)14-9-5-2-6-10-14/h1-12,15-19H,(H,22,23)(H,24,25)/t15-,16-,17+,18+/m1/s1. The normalized spacial score (nSPS) is 26.2. The fraction of sp³-hybridized carbons (Fsp3) is 0.238. The fourth-order valence-corrected chi connectivity index (χ4v) is 3.80. The number of rotatable bonds is 5. The predicted octanol–water partition coefficient (Wildman–Crippen LogP) is 2.55. The summed E-state index contributed by atoms with van der Waals surface area (Å²) in [6.07, 6.45) is 2.52. The lowest BCUT2D eigenvalue weighted by molar-refractivity contribution is -0.146. The minimum Gasteiger partial charge on any atom is -0.481 e. The van der Waals surface area contributed by atoms with Crippen molar-refractivity contribution in [2.75, 3.05) is 0 Å². The first-order chi connectivity index (χ1) is 12.6. The summed E-state index contributed by atoms with van der Waals surface area (Å²) in [4.78, 5) is 24.7. The van der Waals surface area contributed by atoms with Crippen LogP contribution in [0.5, 0.6) is 0 Å². The van der Waals surface area contributed by atoms with Gasteiger partial charge in [-0.25, -0.2) is 0 Å². The van der Waals surface area contributed by atoms with Crippen LogP contribution in [0.15, 0.2) is 72.8 Å². The van der Waals surface area contributed by atoms with Crippen LogP contribution in [0.3, 0.4) is 0 Å². The minimum atomic E-state index is -1.00. The molecule has 2 bridgehead atoms. The van der Waals surface area contributed by atoms with E-state index in [1.54, 1.807) is 12.2 Å². The number of nitrogens with one attached hydrogen (secondary N) is 1. The van der Waals surface area contributed by atoms with Gasteiger partial charge in [0.15, 0.2) is 0 Å². The van der Waals surface area contributed by atoms with E-state index < -0.39 is 30.0 Å². The van der Waals surface area contributed by atoms with Crippen molar-refractivity contribution in [3.63, 3.8) is 0 Å². The monoisotopic (exact) mass is 349 g/mol. The van der Waals surface area contributed by atoms with Gasteiger partial charge in [0.1, 0.15) is 5.92 Å². The second kappa shape index (κ2) is 6.77. The molecule has 0 spiro atoms. The van der Waals surface area contributed by atoms with Gasteiger partial charge < -0.3 is 15.2 Å². The zero-order valence-corrected chi connectivity index (χ0v) is 14.0. The smallest absolute Gasteiger partial charge is 0.310 e. The summed E-state index contributed by atoms with van der Waals surface area (Å²) >= 11 is 0. The molecule has 0 aliphatic carbocycles. The molecule has 5 heteroatoms. The molecule has 2 N–H and O–H groups in total. The first kappa shape index (κ1) is 16.5. The number of carbonyl (C=O) groups excluding carboxylic acids is 1. The predicted molar refractivity (Wildman–Crippen MR) is 95.3 cm³/mol.